The van der Waals surface area contributed by atoms with Crippen molar-refractivity contribution in [2.45, 2.75) is 31.7 Å². The SMILES string of the molecule is CC(C)OC(=O)[C@@H]1[C@@H]2C=C[C@]3(CN(c4cccc(Cl)c4)C(=O)[C@H]13)O2. The summed E-state index contributed by atoms with van der Waals surface area (Å²) in [6.45, 7) is 3.98. The van der Waals surface area contributed by atoms with Crippen LogP contribution in [-0.4, -0.2) is 36.2 Å². The average Bonchev–Trinajstić information content (AvgIpc) is 3.15. The monoisotopic (exact) mass is 347 g/mol. The fourth-order valence-corrected chi connectivity index (χ4v) is 4.13. The van der Waals surface area contributed by atoms with Gasteiger partial charge in [-0.25, -0.2) is 0 Å². The maximum Gasteiger partial charge on any atom is 0.313 e. The Bertz CT molecular complexity index is 746. The van der Waals surface area contributed by atoms with Gasteiger partial charge in [0.1, 0.15) is 11.5 Å². The van der Waals surface area contributed by atoms with Gasteiger partial charge in [-0.3, -0.25) is 9.59 Å². The first kappa shape index (κ1) is 15.7. The molecule has 4 atom stereocenters. The van der Waals surface area contributed by atoms with Crippen molar-refractivity contribution in [3.05, 3.63) is 41.4 Å². The highest BCUT2D eigenvalue weighted by atomic mass is 35.5. The molecule has 3 aliphatic heterocycles. The molecule has 2 fully saturated rings. The number of hydrogen-bond acceptors (Lipinski definition) is 4. The van der Waals surface area contributed by atoms with Gasteiger partial charge >= 0.3 is 5.97 Å². The Hall–Kier alpha value is -1.85. The number of hydrogen-bond donors (Lipinski definition) is 0. The fourth-order valence-electron chi connectivity index (χ4n) is 3.94. The number of amides is 1. The van der Waals surface area contributed by atoms with Crippen molar-refractivity contribution < 1.29 is 19.1 Å². The first-order valence-corrected chi connectivity index (χ1v) is 8.44. The maximum absolute atomic E-state index is 13.0. The number of carbonyl (C=O) groups is 2. The van der Waals surface area contributed by atoms with E-state index in [0.29, 0.717) is 17.3 Å². The number of carbonyl (C=O) groups excluding carboxylic acids is 2. The van der Waals surface area contributed by atoms with Gasteiger partial charge in [0.2, 0.25) is 5.91 Å². The van der Waals surface area contributed by atoms with E-state index in [4.69, 9.17) is 21.1 Å². The molecular formula is C18H18ClNO4. The summed E-state index contributed by atoms with van der Waals surface area (Å²) in [5, 5.41) is 0.561. The minimum absolute atomic E-state index is 0.116. The van der Waals surface area contributed by atoms with Gasteiger partial charge in [-0.2, -0.15) is 0 Å². The fraction of sp³-hybridized carbons (Fsp3) is 0.444. The smallest absolute Gasteiger partial charge is 0.313 e. The van der Waals surface area contributed by atoms with E-state index < -0.39 is 17.4 Å². The van der Waals surface area contributed by atoms with Crippen LogP contribution in [0, 0.1) is 11.8 Å². The molecule has 6 heteroatoms. The molecule has 0 saturated carbocycles. The summed E-state index contributed by atoms with van der Waals surface area (Å²) in [5.41, 5.74) is -0.0298. The molecule has 2 bridgehead atoms. The van der Waals surface area contributed by atoms with E-state index >= 15 is 0 Å². The largest absolute Gasteiger partial charge is 0.463 e. The molecule has 2 saturated heterocycles. The lowest BCUT2D eigenvalue weighted by Gasteiger charge is -2.23. The Labute approximate surface area is 145 Å². The number of halogens is 1. The maximum atomic E-state index is 13.0. The molecule has 4 rings (SSSR count). The number of ether oxygens (including phenoxy) is 2. The van der Waals surface area contributed by atoms with Crippen LogP contribution in [0.2, 0.25) is 5.02 Å². The Kier molecular flexibility index (Phi) is 3.48. The van der Waals surface area contributed by atoms with Gasteiger partial charge in [-0.1, -0.05) is 29.8 Å². The molecule has 1 aromatic rings. The Balaban J connectivity index is 1.68. The van der Waals surface area contributed by atoms with Crippen LogP contribution in [0.25, 0.3) is 0 Å². The number of benzene rings is 1. The molecule has 1 amide bonds. The van der Waals surface area contributed by atoms with Crippen molar-refractivity contribution >= 4 is 29.2 Å². The molecule has 3 aliphatic rings. The minimum atomic E-state index is -0.745. The molecule has 1 aromatic carbocycles. The third kappa shape index (κ3) is 2.19. The van der Waals surface area contributed by atoms with Gasteiger partial charge in [0.25, 0.3) is 0 Å². The van der Waals surface area contributed by atoms with Crippen molar-refractivity contribution in [2.24, 2.45) is 11.8 Å². The molecule has 0 unspecified atom stereocenters. The predicted octanol–water partition coefficient (Wildman–Crippen LogP) is 2.58. The molecule has 0 N–H and O–H groups in total. The second-order valence-corrected chi connectivity index (χ2v) is 7.23. The van der Waals surface area contributed by atoms with Crippen LogP contribution in [0.15, 0.2) is 36.4 Å². The van der Waals surface area contributed by atoms with Gasteiger partial charge in [0.15, 0.2) is 0 Å². The van der Waals surface area contributed by atoms with Crippen LogP contribution in [0.5, 0.6) is 0 Å². The molecule has 3 heterocycles. The highest BCUT2D eigenvalue weighted by Crippen LogP contribution is 2.53. The third-order valence-corrected chi connectivity index (χ3v) is 5.08. The second kappa shape index (κ2) is 5.33. The molecular weight excluding hydrogens is 330 g/mol. The summed E-state index contributed by atoms with van der Waals surface area (Å²) in [5.74, 6) is -1.62. The molecule has 126 valence electrons. The molecule has 5 nitrogen and oxygen atoms in total. The minimum Gasteiger partial charge on any atom is -0.463 e. The first-order chi connectivity index (χ1) is 11.4. The van der Waals surface area contributed by atoms with E-state index in [1.54, 1.807) is 36.9 Å². The standard InChI is InChI=1S/C18H18ClNO4/c1-10(2)23-17(22)14-13-6-7-18(24-13)9-20(16(21)15(14)18)12-5-3-4-11(19)8-12/h3-8,10,13-15H,9H2,1-2H3/t13-,14+,15-,18+/m0/s1. The van der Waals surface area contributed by atoms with Gasteiger partial charge in [-0.15, -0.1) is 0 Å². The Morgan fingerprint density at radius 2 is 2.25 bits per heavy atom. The van der Waals surface area contributed by atoms with Crippen molar-refractivity contribution in [3.63, 3.8) is 0 Å². The highest BCUT2D eigenvalue weighted by Gasteiger charge is 2.67. The molecule has 0 aromatic heterocycles. The van der Waals surface area contributed by atoms with Crippen LogP contribution in [0.4, 0.5) is 5.69 Å². The predicted molar refractivity (Wildman–Crippen MR) is 88.8 cm³/mol. The number of nitrogens with zero attached hydrogens (tertiary/aromatic N) is 1. The van der Waals surface area contributed by atoms with E-state index in [1.807, 2.05) is 18.2 Å². The summed E-state index contributed by atoms with van der Waals surface area (Å²) in [4.78, 5) is 27.2. The number of esters is 1. The normalized spacial score (nSPS) is 33.4. The van der Waals surface area contributed by atoms with E-state index in [0.717, 1.165) is 0 Å². The molecule has 24 heavy (non-hydrogen) atoms. The topological polar surface area (TPSA) is 55.8 Å². The number of anilines is 1. The quantitative estimate of drug-likeness (QED) is 0.623. The molecule has 0 radical (unpaired) electrons. The first-order valence-electron chi connectivity index (χ1n) is 8.06. The lowest BCUT2D eigenvalue weighted by Crippen LogP contribution is -2.40. The molecule has 0 aliphatic carbocycles. The summed E-state index contributed by atoms with van der Waals surface area (Å²) in [7, 11) is 0. The van der Waals surface area contributed by atoms with Gasteiger partial charge < -0.3 is 14.4 Å². The Morgan fingerprint density at radius 3 is 2.96 bits per heavy atom. The van der Waals surface area contributed by atoms with Crippen LogP contribution in [0.1, 0.15) is 13.8 Å². The van der Waals surface area contributed by atoms with E-state index in [9.17, 15) is 9.59 Å². The molecule has 1 spiro atoms. The van der Waals surface area contributed by atoms with E-state index in [1.165, 1.54) is 0 Å². The lowest BCUT2D eigenvalue weighted by atomic mass is 9.77. The highest BCUT2D eigenvalue weighted by molar-refractivity contribution is 6.31. The van der Waals surface area contributed by atoms with Crippen molar-refractivity contribution in [1.82, 2.24) is 0 Å². The van der Waals surface area contributed by atoms with Crippen LogP contribution < -0.4 is 4.90 Å². The summed E-state index contributed by atoms with van der Waals surface area (Å²) < 4.78 is 11.4. The summed E-state index contributed by atoms with van der Waals surface area (Å²) >= 11 is 6.05. The third-order valence-electron chi connectivity index (χ3n) is 4.84. The second-order valence-electron chi connectivity index (χ2n) is 6.79. The number of rotatable bonds is 3. The van der Waals surface area contributed by atoms with Crippen molar-refractivity contribution in [2.75, 3.05) is 11.4 Å². The van der Waals surface area contributed by atoms with Gasteiger partial charge in [-0.05, 0) is 32.0 Å². The number of fused-ring (bicyclic) bond motifs is 1. The van der Waals surface area contributed by atoms with Crippen LogP contribution in [0.3, 0.4) is 0 Å². The zero-order valence-electron chi connectivity index (χ0n) is 13.4. The zero-order chi connectivity index (χ0) is 17.1. The summed E-state index contributed by atoms with van der Waals surface area (Å²) in [6, 6.07) is 7.14. The van der Waals surface area contributed by atoms with Crippen molar-refractivity contribution in [1.29, 1.82) is 0 Å². The average molecular weight is 348 g/mol. The van der Waals surface area contributed by atoms with E-state index in [2.05, 4.69) is 0 Å². The zero-order valence-corrected chi connectivity index (χ0v) is 14.2. The summed E-state index contributed by atoms with van der Waals surface area (Å²) in [6.07, 6.45) is 3.19. The van der Waals surface area contributed by atoms with Crippen molar-refractivity contribution in [3.8, 4) is 0 Å². The lowest BCUT2D eigenvalue weighted by molar-refractivity contribution is -0.156. The van der Waals surface area contributed by atoms with Crippen LogP contribution in [-0.2, 0) is 19.1 Å². The van der Waals surface area contributed by atoms with Gasteiger partial charge in [0.05, 0.1) is 24.7 Å². The van der Waals surface area contributed by atoms with Crippen LogP contribution >= 0.6 is 11.6 Å². The van der Waals surface area contributed by atoms with E-state index in [-0.39, 0.29) is 24.1 Å². The Morgan fingerprint density at radius 1 is 1.46 bits per heavy atom. The van der Waals surface area contributed by atoms with Gasteiger partial charge in [0, 0.05) is 10.7 Å².